The lowest BCUT2D eigenvalue weighted by Gasteiger charge is -2.24. The first-order valence-electron chi connectivity index (χ1n) is 10.3. The van der Waals surface area contributed by atoms with Crippen LogP contribution in [0.5, 0.6) is 5.75 Å². The summed E-state index contributed by atoms with van der Waals surface area (Å²) >= 11 is 12.7. The summed E-state index contributed by atoms with van der Waals surface area (Å²) in [6, 6.07) is 14.6. The molecule has 0 unspecified atom stereocenters. The van der Waals surface area contributed by atoms with Crippen LogP contribution < -0.4 is 4.74 Å². The first-order valence-corrected chi connectivity index (χ1v) is 11.1. The molecule has 5 nitrogen and oxygen atoms in total. The molecule has 0 heterocycles. The van der Waals surface area contributed by atoms with Crippen LogP contribution in [-0.4, -0.2) is 40.1 Å². The average molecular weight is 511 g/mol. The van der Waals surface area contributed by atoms with Crippen molar-refractivity contribution in [2.45, 2.75) is 31.0 Å². The van der Waals surface area contributed by atoms with E-state index in [0.29, 0.717) is 21.7 Å². The molecule has 2 atom stereocenters. The van der Waals surface area contributed by atoms with Gasteiger partial charge in [-0.1, -0.05) is 47.5 Å². The number of ether oxygens (including phenoxy) is 1. The normalized spacial score (nSPS) is 13.0. The van der Waals surface area contributed by atoms with Crippen molar-refractivity contribution in [2.24, 2.45) is 0 Å². The molecule has 0 bridgehead atoms. The quantitative estimate of drug-likeness (QED) is 0.317. The fourth-order valence-corrected chi connectivity index (χ4v) is 4.22. The molecule has 9 heteroatoms. The molecule has 0 amide bonds. The lowest BCUT2D eigenvalue weighted by Crippen LogP contribution is -2.26. The van der Waals surface area contributed by atoms with Crippen LogP contribution in [-0.2, 0) is 4.79 Å². The van der Waals surface area contributed by atoms with Crippen molar-refractivity contribution in [3.05, 3.63) is 99.0 Å². The number of carbonyl (C=O) groups is 1. The topological polar surface area (TPSA) is 87.0 Å². The average Bonchev–Trinajstić information content (AvgIpc) is 2.75. The van der Waals surface area contributed by atoms with Crippen LogP contribution in [0.4, 0.5) is 8.78 Å². The zero-order valence-corrected chi connectivity index (χ0v) is 19.3. The van der Waals surface area contributed by atoms with Gasteiger partial charge in [-0.2, -0.15) is 0 Å². The zero-order valence-electron chi connectivity index (χ0n) is 17.8. The lowest BCUT2D eigenvalue weighted by molar-refractivity contribution is -0.139. The molecule has 0 spiro atoms. The van der Waals surface area contributed by atoms with E-state index in [1.54, 1.807) is 30.3 Å². The van der Waals surface area contributed by atoms with Crippen molar-refractivity contribution < 1.29 is 33.6 Å². The summed E-state index contributed by atoms with van der Waals surface area (Å²) in [7, 11) is 0. The van der Waals surface area contributed by atoms with Crippen LogP contribution in [0.1, 0.15) is 35.4 Å². The summed E-state index contributed by atoms with van der Waals surface area (Å²) in [6.45, 7) is -0.287. The third kappa shape index (κ3) is 6.90. The fraction of sp³-hybridized carbons (Fsp3) is 0.240. The predicted octanol–water partition coefficient (Wildman–Crippen LogP) is 5.42. The van der Waals surface area contributed by atoms with E-state index in [2.05, 4.69) is 0 Å². The first kappa shape index (κ1) is 25.9. The van der Waals surface area contributed by atoms with E-state index in [4.69, 9.17) is 33.0 Å². The number of aliphatic hydroxyl groups is 2. The van der Waals surface area contributed by atoms with Gasteiger partial charge in [0.1, 0.15) is 24.0 Å². The predicted molar refractivity (Wildman–Crippen MR) is 125 cm³/mol. The minimum Gasteiger partial charge on any atom is -0.489 e. The maximum absolute atomic E-state index is 13.6. The molecule has 0 aliphatic heterocycles. The Balaban J connectivity index is 1.98. The highest BCUT2D eigenvalue weighted by molar-refractivity contribution is 6.35. The van der Waals surface area contributed by atoms with Gasteiger partial charge in [-0.25, -0.2) is 8.78 Å². The Morgan fingerprint density at radius 3 is 1.91 bits per heavy atom. The molecule has 0 saturated carbocycles. The largest absolute Gasteiger partial charge is 0.489 e. The number of hydrogen-bond acceptors (Lipinski definition) is 4. The van der Waals surface area contributed by atoms with Crippen LogP contribution in [0.15, 0.2) is 60.7 Å². The highest BCUT2D eigenvalue weighted by Crippen LogP contribution is 2.42. The van der Waals surface area contributed by atoms with Gasteiger partial charge in [-0.3, -0.25) is 4.79 Å². The molecule has 34 heavy (non-hydrogen) atoms. The van der Waals surface area contributed by atoms with Gasteiger partial charge in [-0.05, 0) is 47.5 Å². The Kier molecular flexibility index (Phi) is 8.85. The third-order valence-corrected chi connectivity index (χ3v) is 5.63. The summed E-state index contributed by atoms with van der Waals surface area (Å²) in [4.78, 5) is 10.7. The molecule has 0 aliphatic rings. The Labute approximate surface area is 205 Å². The highest BCUT2D eigenvalue weighted by atomic mass is 35.5. The maximum Gasteiger partial charge on any atom is 0.305 e. The number of aliphatic carboxylic acids is 1. The molecular formula is C25H22Cl2F2O5. The molecule has 0 radical (unpaired) electrons. The molecule has 3 aromatic rings. The van der Waals surface area contributed by atoms with E-state index < -0.39 is 42.2 Å². The molecule has 0 aliphatic carbocycles. The number of aliphatic hydroxyl groups excluding tert-OH is 2. The second-order valence-electron chi connectivity index (χ2n) is 7.79. The fourth-order valence-electron chi connectivity index (χ4n) is 3.66. The van der Waals surface area contributed by atoms with Crippen molar-refractivity contribution in [2.75, 3.05) is 6.61 Å². The monoisotopic (exact) mass is 510 g/mol. The molecule has 0 aromatic heterocycles. The third-order valence-electron chi connectivity index (χ3n) is 5.13. The number of carboxylic acid groups (broad SMARTS) is 1. The molecule has 3 N–H and O–H groups in total. The van der Waals surface area contributed by atoms with Gasteiger partial charge in [0.25, 0.3) is 0 Å². The van der Waals surface area contributed by atoms with E-state index in [-0.39, 0.29) is 23.8 Å². The molecule has 3 rings (SSSR count). The Morgan fingerprint density at radius 1 is 0.882 bits per heavy atom. The molecule has 0 saturated heterocycles. The zero-order chi connectivity index (χ0) is 24.8. The van der Waals surface area contributed by atoms with Gasteiger partial charge in [0, 0.05) is 22.9 Å². The van der Waals surface area contributed by atoms with E-state index in [0.717, 1.165) is 0 Å². The number of benzene rings is 3. The molecular weight excluding hydrogens is 489 g/mol. The van der Waals surface area contributed by atoms with Crippen molar-refractivity contribution in [1.82, 2.24) is 0 Å². The van der Waals surface area contributed by atoms with Crippen LogP contribution in [0, 0.1) is 11.6 Å². The van der Waals surface area contributed by atoms with E-state index >= 15 is 0 Å². The summed E-state index contributed by atoms with van der Waals surface area (Å²) in [6.07, 6.45) is -3.15. The summed E-state index contributed by atoms with van der Waals surface area (Å²) < 4.78 is 33.0. The van der Waals surface area contributed by atoms with Crippen molar-refractivity contribution in [1.29, 1.82) is 0 Å². The molecule has 0 fully saturated rings. The highest BCUT2D eigenvalue weighted by Gasteiger charge is 2.25. The van der Waals surface area contributed by atoms with E-state index in [1.165, 1.54) is 30.3 Å². The number of halogens is 4. The Hall–Kier alpha value is -2.71. The smallest absolute Gasteiger partial charge is 0.305 e. The number of hydrogen-bond donors (Lipinski definition) is 3. The molecule has 180 valence electrons. The van der Waals surface area contributed by atoms with Crippen molar-refractivity contribution >= 4 is 29.2 Å². The minimum atomic E-state index is -1.25. The maximum atomic E-state index is 13.6. The lowest BCUT2D eigenvalue weighted by atomic mass is 9.84. The Morgan fingerprint density at radius 2 is 1.41 bits per heavy atom. The van der Waals surface area contributed by atoms with Gasteiger partial charge < -0.3 is 20.1 Å². The summed E-state index contributed by atoms with van der Waals surface area (Å²) in [5.41, 5.74) is 1.82. The molecule has 3 aromatic carbocycles. The summed E-state index contributed by atoms with van der Waals surface area (Å²) in [5.74, 6) is -2.42. The van der Waals surface area contributed by atoms with Crippen molar-refractivity contribution in [3.63, 3.8) is 0 Å². The van der Waals surface area contributed by atoms with Crippen molar-refractivity contribution in [3.8, 4) is 5.75 Å². The van der Waals surface area contributed by atoms with Crippen LogP contribution in [0.2, 0.25) is 10.0 Å². The Bertz CT molecular complexity index is 1080. The SMILES string of the molecule is O=C(O)C[C@H](O)C[C@H](O)COc1c(Cl)cc(Cl)cc1C(c1ccc(F)cc1)c1ccc(F)cc1. The van der Waals surface area contributed by atoms with Crippen LogP contribution >= 0.6 is 23.2 Å². The first-order chi connectivity index (χ1) is 16.1. The van der Waals surface area contributed by atoms with E-state index in [1.807, 2.05) is 0 Å². The van der Waals surface area contributed by atoms with Gasteiger partial charge >= 0.3 is 5.97 Å². The van der Waals surface area contributed by atoms with Crippen LogP contribution in [0.3, 0.4) is 0 Å². The second-order valence-corrected chi connectivity index (χ2v) is 8.64. The summed E-state index contributed by atoms with van der Waals surface area (Å²) in [5, 5.41) is 29.2. The van der Waals surface area contributed by atoms with Gasteiger partial charge in [-0.15, -0.1) is 0 Å². The second kappa shape index (κ2) is 11.6. The number of rotatable bonds is 10. The minimum absolute atomic E-state index is 0.148. The van der Waals surface area contributed by atoms with Gasteiger partial charge in [0.2, 0.25) is 0 Å². The van der Waals surface area contributed by atoms with Gasteiger partial charge in [0.15, 0.2) is 0 Å². The van der Waals surface area contributed by atoms with E-state index in [9.17, 15) is 23.8 Å². The number of carboxylic acids is 1. The standard InChI is InChI=1S/C25H22Cl2F2O5/c26-16-9-21(25(22(27)10-16)34-13-20(31)11-19(30)12-23(32)33)24(14-1-5-17(28)6-2-14)15-3-7-18(29)8-4-15/h1-10,19-20,24,30-31H,11-13H2,(H,32,33)/t19-,20+/m1/s1. The van der Waals surface area contributed by atoms with Crippen LogP contribution in [0.25, 0.3) is 0 Å². The van der Waals surface area contributed by atoms with Gasteiger partial charge in [0.05, 0.1) is 23.7 Å².